The SMILES string of the molecule is C1CCCCC1.CC(C)CC(=O)CC(C)C. The summed E-state index contributed by atoms with van der Waals surface area (Å²) in [6.45, 7) is 8.33. The van der Waals surface area contributed by atoms with E-state index in [1.807, 2.05) is 0 Å². The van der Waals surface area contributed by atoms with Crippen molar-refractivity contribution in [2.24, 2.45) is 11.8 Å². The molecule has 0 N–H and O–H groups in total. The first-order valence-electron chi connectivity index (χ1n) is 7.04. The fourth-order valence-corrected chi connectivity index (χ4v) is 2.05. The van der Waals surface area contributed by atoms with E-state index in [2.05, 4.69) is 27.7 Å². The maximum atomic E-state index is 11.1. The van der Waals surface area contributed by atoms with E-state index in [4.69, 9.17) is 0 Å². The van der Waals surface area contributed by atoms with E-state index in [0.717, 1.165) is 12.8 Å². The quantitative estimate of drug-likeness (QED) is 0.660. The van der Waals surface area contributed by atoms with Crippen LogP contribution in [0.15, 0.2) is 0 Å². The van der Waals surface area contributed by atoms with Gasteiger partial charge in [-0.05, 0) is 11.8 Å². The zero-order chi connectivity index (χ0) is 12.4. The van der Waals surface area contributed by atoms with Gasteiger partial charge in [0.1, 0.15) is 5.78 Å². The van der Waals surface area contributed by atoms with E-state index in [-0.39, 0.29) is 0 Å². The number of carbonyl (C=O) groups is 1. The summed E-state index contributed by atoms with van der Waals surface area (Å²) in [6.07, 6.45) is 10.5. The third kappa shape index (κ3) is 11.7. The first-order chi connectivity index (χ1) is 7.52. The summed E-state index contributed by atoms with van der Waals surface area (Å²) in [4.78, 5) is 11.1. The van der Waals surface area contributed by atoms with E-state index >= 15 is 0 Å². The summed E-state index contributed by atoms with van der Waals surface area (Å²) < 4.78 is 0. The van der Waals surface area contributed by atoms with Crippen molar-refractivity contribution in [2.75, 3.05) is 0 Å². The van der Waals surface area contributed by atoms with Crippen LogP contribution in [0.3, 0.4) is 0 Å². The Morgan fingerprint density at radius 3 is 1.19 bits per heavy atom. The van der Waals surface area contributed by atoms with Crippen molar-refractivity contribution in [3.05, 3.63) is 0 Å². The van der Waals surface area contributed by atoms with E-state index in [0.29, 0.717) is 17.6 Å². The summed E-state index contributed by atoms with van der Waals surface area (Å²) in [5, 5.41) is 0. The van der Waals surface area contributed by atoms with Gasteiger partial charge in [-0.15, -0.1) is 0 Å². The lowest BCUT2D eigenvalue weighted by molar-refractivity contribution is -0.120. The van der Waals surface area contributed by atoms with Gasteiger partial charge in [0, 0.05) is 12.8 Å². The van der Waals surface area contributed by atoms with Gasteiger partial charge in [-0.25, -0.2) is 0 Å². The summed E-state index contributed by atoms with van der Waals surface area (Å²) in [5.41, 5.74) is 0. The van der Waals surface area contributed by atoms with Gasteiger partial charge in [0.15, 0.2) is 0 Å². The van der Waals surface area contributed by atoms with Crippen LogP contribution in [0.5, 0.6) is 0 Å². The van der Waals surface area contributed by atoms with Crippen molar-refractivity contribution >= 4 is 5.78 Å². The third-order valence-corrected chi connectivity index (χ3v) is 2.77. The molecule has 0 unspecified atom stereocenters. The van der Waals surface area contributed by atoms with Crippen molar-refractivity contribution < 1.29 is 4.79 Å². The van der Waals surface area contributed by atoms with E-state index in [1.165, 1.54) is 38.5 Å². The van der Waals surface area contributed by atoms with Crippen molar-refractivity contribution in [3.63, 3.8) is 0 Å². The molecule has 0 aromatic carbocycles. The number of hydrogen-bond donors (Lipinski definition) is 0. The number of hydrogen-bond acceptors (Lipinski definition) is 1. The fourth-order valence-electron chi connectivity index (χ4n) is 2.05. The number of rotatable bonds is 4. The maximum absolute atomic E-state index is 11.1. The molecular formula is C15H30O. The highest BCUT2D eigenvalue weighted by Crippen LogP contribution is 2.15. The highest BCUT2D eigenvalue weighted by Gasteiger charge is 2.06. The highest BCUT2D eigenvalue weighted by atomic mass is 16.1. The second-order valence-electron chi connectivity index (χ2n) is 5.86. The standard InChI is InChI=1S/C9H18O.C6H12/c1-7(2)5-9(10)6-8(3)4;1-2-4-6-5-3-1/h7-8H,5-6H2,1-4H3;1-6H2. The Labute approximate surface area is 102 Å². The molecule has 1 nitrogen and oxygen atoms in total. The number of ketones is 1. The van der Waals surface area contributed by atoms with Gasteiger partial charge in [-0.2, -0.15) is 0 Å². The average Bonchev–Trinajstić information content (AvgIpc) is 2.18. The zero-order valence-corrected chi connectivity index (χ0v) is 11.7. The average molecular weight is 226 g/mol. The molecule has 0 atom stereocenters. The van der Waals surface area contributed by atoms with E-state index in [1.54, 1.807) is 0 Å². The van der Waals surface area contributed by atoms with E-state index < -0.39 is 0 Å². The Balaban J connectivity index is 0.000000315. The first-order valence-corrected chi connectivity index (χ1v) is 7.04. The molecule has 0 aromatic heterocycles. The van der Waals surface area contributed by atoms with Crippen molar-refractivity contribution in [2.45, 2.75) is 79.1 Å². The molecule has 1 fully saturated rings. The number of Topliss-reactive ketones (excluding diaryl/α,β-unsaturated/α-hetero) is 1. The Bertz CT molecular complexity index is 143. The normalized spacial score (nSPS) is 15.9. The van der Waals surface area contributed by atoms with Gasteiger partial charge >= 0.3 is 0 Å². The highest BCUT2D eigenvalue weighted by molar-refractivity contribution is 5.78. The van der Waals surface area contributed by atoms with Crippen LogP contribution in [0.1, 0.15) is 79.1 Å². The Hall–Kier alpha value is -0.330. The van der Waals surface area contributed by atoms with Gasteiger partial charge in [0.05, 0.1) is 0 Å². The Morgan fingerprint density at radius 2 is 1.00 bits per heavy atom. The lowest BCUT2D eigenvalue weighted by Gasteiger charge is -2.05. The molecule has 0 aliphatic heterocycles. The molecule has 1 heteroatoms. The predicted octanol–water partition coefficient (Wildman–Crippen LogP) is 4.99. The van der Waals surface area contributed by atoms with Crippen LogP contribution in [-0.4, -0.2) is 5.78 Å². The molecular weight excluding hydrogens is 196 g/mol. The van der Waals surface area contributed by atoms with Crippen LogP contribution in [0.25, 0.3) is 0 Å². The largest absolute Gasteiger partial charge is 0.300 e. The Morgan fingerprint density at radius 1 is 0.750 bits per heavy atom. The summed E-state index contributed by atoms with van der Waals surface area (Å²) in [5.74, 6) is 1.45. The van der Waals surface area contributed by atoms with E-state index in [9.17, 15) is 4.79 Å². The first kappa shape index (κ1) is 15.7. The molecule has 1 rings (SSSR count). The van der Waals surface area contributed by atoms with Crippen molar-refractivity contribution in [3.8, 4) is 0 Å². The third-order valence-electron chi connectivity index (χ3n) is 2.77. The summed E-state index contributed by atoms with van der Waals surface area (Å²) in [7, 11) is 0. The van der Waals surface area contributed by atoms with Gasteiger partial charge in [-0.3, -0.25) is 4.79 Å². The molecule has 0 amide bonds. The minimum atomic E-state index is 0.407. The second kappa shape index (κ2) is 9.86. The topological polar surface area (TPSA) is 17.1 Å². The molecule has 0 spiro atoms. The van der Waals surface area contributed by atoms with Crippen LogP contribution in [0, 0.1) is 11.8 Å². The van der Waals surface area contributed by atoms with Crippen LogP contribution in [0.4, 0.5) is 0 Å². The lowest BCUT2D eigenvalue weighted by Crippen LogP contribution is -2.05. The smallest absolute Gasteiger partial charge is 0.133 e. The molecule has 1 aliphatic rings. The van der Waals surface area contributed by atoms with Crippen LogP contribution in [-0.2, 0) is 4.79 Å². The second-order valence-corrected chi connectivity index (χ2v) is 5.86. The maximum Gasteiger partial charge on any atom is 0.133 e. The molecule has 16 heavy (non-hydrogen) atoms. The van der Waals surface area contributed by atoms with Crippen LogP contribution < -0.4 is 0 Å². The molecule has 0 saturated heterocycles. The molecule has 0 heterocycles. The minimum Gasteiger partial charge on any atom is -0.300 e. The van der Waals surface area contributed by atoms with Gasteiger partial charge in [0.2, 0.25) is 0 Å². The van der Waals surface area contributed by atoms with Crippen LogP contribution >= 0.6 is 0 Å². The van der Waals surface area contributed by atoms with Crippen LogP contribution in [0.2, 0.25) is 0 Å². The molecule has 1 saturated carbocycles. The summed E-state index contributed by atoms with van der Waals surface area (Å²) >= 11 is 0. The lowest BCUT2D eigenvalue weighted by atomic mass is 10.00. The summed E-state index contributed by atoms with van der Waals surface area (Å²) in [6, 6.07) is 0. The number of carbonyl (C=O) groups excluding carboxylic acids is 1. The monoisotopic (exact) mass is 226 g/mol. The molecule has 0 radical (unpaired) electrons. The van der Waals surface area contributed by atoms with Crippen molar-refractivity contribution in [1.82, 2.24) is 0 Å². The van der Waals surface area contributed by atoms with Gasteiger partial charge < -0.3 is 0 Å². The van der Waals surface area contributed by atoms with Gasteiger partial charge in [0.25, 0.3) is 0 Å². The molecule has 0 bridgehead atoms. The molecule has 96 valence electrons. The fraction of sp³-hybridized carbons (Fsp3) is 0.933. The Kier molecular flexibility index (Phi) is 9.66. The minimum absolute atomic E-state index is 0.407. The van der Waals surface area contributed by atoms with Gasteiger partial charge in [-0.1, -0.05) is 66.2 Å². The molecule has 1 aliphatic carbocycles. The predicted molar refractivity (Wildman–Crippen MR) is 71.6 cm³/mol. The molecule has 0 aromatic rings. The zero-order valence-electron chi connectivity index (χ0n) is 11.7. The van der Waals surface area contributed by atoms with Crippen molar-refractivity contribution in [1.29, 1.82) is 0 Å².